The molecule has 0 saturated carbocycles. The Morgan fingerprint density at radius 3 is 2.84 bits per heavy atom. The van der Waals surface area contributed by atoms with Gasteiger partial charge in [0.15, 0.2) is 0 Å². The van der Waals surface area contributed by atoms with Crippen molar-refractivity contribution in [3.05, 3.63) is 48.0 Å². The zero-order valence-corrected chi connectivity index (χ0v) is 15.0. The highest BCUT2D eigenvalue weighted by molar-refractivity contribution is 5.92. The van der Waals surface area contributed by atoms with Crippen molar-refractivity contribution in [3.8, 4) is 0 Å². The van der Waals surface area contributed by atoms with E-state index in [0.717, 1.165) is 29.6 Å². The number of hydrogen-bond acceptors (Lipinski definition) is 3. The summed E-state index contributed by atoms with van der Waals surface area (Å²) in [6.07, 6.45) is 3.88. The minimum absolute atomic E-state index is 0.130. The molecule has 132 valence electrons. The molecule has 0 radical (unpaired) electrons. The minimum Gasteiger partial charge on any atom is -0.348 e. The van der Waals surface area contributed by atoms with Crippen molar-refractivity contribution >= 4 is 16.9 Å². The highest BCUT2D eigenvalue weighted by Crippen LogP contribution is 2.14. The Hall–Kier alpha value is -2.63. The molecule has 3 rings (SSSR count). The summed E-state index contributed by atoms with van der Waals surface area (Å²) in [4.78, 5) is 16.7. The van der Waals surface area contributed by atoms with Gasteiger partial charge in [0.05, 0.1) is 29.6 Å². The first-order chi connectivity index (χ1) is 12.0. The molecule has 3 aromatic rings. The normalized spacial score (nSPS) is 12.6. The summed E-state index contributed by atoms with van der Waals surface area (Å²) >= 11 is 0. The molecule has 1 amide bonds. The molecule has 2 aromatic heterocycles. The Bertz CT molecular complexity index is 848. The smallest absolute Gasteiger partial charge is 0.271 e. The van der Waals surface area contributed by atoms with Gasteiger partial charge in [-0.1, -0.05) is 26.0 Å². The third-order valence-corrected chi connectivity index (χ3v) is 4.29. The van der Waals surface area contributed by atoms with Gasteiger partial charge in [0.2, 0.25) is 0 Å². The summed E-state index contributed by atoms with van der Waals surface area (Å²) in [6, 6.07) is 9.93. The van der Waals surface area contributed by atoms with Gasteiger partial charge in [0.25, 0.3) is 5.91 Å². The van der Waals surface area contributed by atoms with Crippen LogP contribution in [0.15, 0.2) is 36.7 Å². The number of para-hydroxylation sites is 2. The van der Waals surface area contributed by atoms with Crippen LogP contribution in [-0.4, -0.2) is 31.7 Å². The number of aromatic amines is 1. The molecule has 0 spiro atoms. The summed E-state index contributed by atoms with van der Waals surface area (Å²) in [5.74, 6) is 0.510. The Labute approximate surface area is 147 Å². The lowest BCUT2D eigenvalue weighted by atomic mass is 10.0. The molecule has 0 saturated heterocycles. The molecule has 2 N–H and O–H groups in total. The van der Waals surface area contributed by atoms with Gasteiger partial charge in [-0.15, -0.1) is 0 Å². The first-order valence-electron chi connectivity index (χ1n) is 8.78. The summed E-state index contributed by atoms with van der Waals surface area (Å²) < 4.78 is 2.04. The van der Waals surface area contributed by atoms with E-state index in [1.165, 1.54) is 0 Å². The first-order valence-corrected chi connectivity index (χ1v) is 8.78. The fraction of sp³-hybridized carbons (Fsp3) is 0.421. The Morgan fingerprint density at radius 1 is 1.24 bits per heavy atom. The average Bonchev–Trinajstić information content (AvgIpc) is 3.21. The van der Waals surface area contributed by atoms with Gasteiger partial charge < -0.3 is 9.88 Å². The largest absolute Gasteiger partial charge is 0.348 e. The minimum atomic E-state index is -0.130. The number of aromatic nitrogens is 4. The number of carbonyl (C=O) groups is 1. The molecule has 0 bridgehead atoms. The van der Waals surface area contributed by atoms with Crippen molar-refractivity contribution in [3.63, 3.8) is 0 Å². The standard InChI is InChI=1S/C19H25N5O/c1-13(2)8-9-14(3)21-19(25)17-10-15(22-23-17)11-24-12-20-16-6-4-5-7-18(16)24/h4-7,10,12-14H,8-9,11H2,1-3H3,(H,21,25)(H,22,23)/t14-/m1/s1. The van der Waals surface area contributed by atoms with Gasteiger partial charge in [-0.05, 0) is 43.9 Å². The van der Waals surface area contributed by atoms with Crippen LogP contribution >= 0.6 is 0 Å². The zero-order valence-electron chi connectivity index (χ0n) is 15.0. The number of benzene rings is 1. The number of imidazole rings is 1. The molecule has 1 aromatic carbocycles. The Balaban J connectivity index is 1.63. The van der Waals surface area contributed by atoms with Crippen molar-refractivity contribution in [1.29, 1.82) is 0 Å². The first kappa shape index (κ1) is 17.2. The number of nitrogens with one attached hydrogen (secondary N) is 2. The van der Waals surface area contributed by atoms with Gasteiger partial charge >= 0.3 is 0 Å². The number of carbonyl (C=O) groups excluding carboxylic acids is 1. The van der Waals surface area contributed by atoms with Crippen molar-refractivity contribution in [2.75, 3.05) is 0 Å². The predicted molar refractivity (Wildman–Crippen MR) is 98.4 cm³/mol. The zero-order chi connectivity index (χ0) is 17.8. The fourth-order valence-electron chi connectivity index (χ4n) is 2.83. The maximum Gasteiger partial charge on any atom is 0.271 e. The quantitative estimate of drug-likeness (QED) is 0.693. The predicted octanol–water partition coefficient (Wildman–Crippen LogP) is 3.36. The average molecular weight is 339 g/mol. The molecule has 1 atom stereocenters. The number of fused-ring (bicyclic) bond motifs is 1. The van der Waals surface area contributed by atoms with E-state index in [1.807, 2.05) is 35.8 Å². The third-order valence-electron chi connectivity index (χ3n) is 4.29. The van der Waals surface area contributed by atoms with Crippen molar-refractivity contribution in [1.82, 2.24) is 25.1 Å². The van der Waals surface area contributed by atoms with Gasteiger partial charge in [-0.25, -0.2) is 4.98 Å². The number of nitrogens with zero attached hydrogens (tertiary/aromatic N) is 3. The van der Waals surface area contributed by atoms with Crippen LogP contribution in [0.1, 0.15) is 49.8 Å². The van der Waals surface area contributed by atoms with Crippen LogP contribution in [0.2, 0.25) is 0 Å². The molecule has 25 heavy (non-hydrogen) atoms. The van der Waals surface area contributed by atoms with Gasteiger partial charge in [-0.2, -0.15) is 5.10 Å². The lowest BCUT2D eigenvalue weighted by Gasteiger charge is -2.14. The van der Waals surface area contributed by atoms with E-state index in [9.17, 15) is 4.79 Å². The lowest BCUT2D eigenvalue weighted by molar-refractivity contribution is 0.0932. The monoisotopic (exact) mass is 339 g/mol. The summed E-state index contributed by atoms with van der Waals surface area (Å²) in [7, 11) is 0. The van der Waals surface area contributed by atoms with Crippen LogP contribution in [0.4, 0.5) is 0 Å². The third kappa shape index (κ3) is 4.26. The highest BCUT2D eigenvalue weighted by atomic mass is 16.2. The van der Waals surface area contributed by atoms with Crippen molar-refractivity contribution < 1.29 is 4.79 Å². The lowest BCUT2D eigenvalue weighted by Crippen LogP contribution is -2.33. The van der Waals surface area contributed by atoms with E-state index >= 15 is 0 Å². The van der Waals surface area contributed by atoms with Crippen molar-refractivity contribution in [2.24, 2.45) is 5.92 Å². The van der Waals surface area contributed by atoms with Crippen LogP contribution in [0.5, 0.6) is 0 Å². The second-order valence-electron chi connectivity index (χ2n) is 6.99. The van der Waals surface area contributed by atoms with E-state index in [1.54, 1.807) is 12.4 Å². The second-order valence-corrected chi connectivity index (χ2v) is 6.99. The maximum absolute atomic E-state index is 12.3. The molecule has 2 heterocycles. The van der Waals surface area contributed by atoms with Gasteiger partial charge in [-0.3, -0.25) is 9.89 Å². The fourth-order valence-corrected chi connectivity index (χ4v) is 2.83. The van der Waals surface area contributed by atoms with E-state index in [0.29, 0.717) is 18.2 Å². The molecular weight excluding hydrogens is 314 g/mol. The van der Waals surface area contributed by atoms with Gasteiger partial charge in [0.1, 0.15) is 5.69 Å². The van der Waals surface area contributed by atoms with E-state index in [4.69, 9.17) is 0 Å². The maximum atomic E-state index is 12.3. The van der Waals surface area contributed by atoms with Gasteiger partial charge in [0, 0.05) is 6.04 Å². The van der Waals surface area contributed by atoms with E-state index in [-0.39, 0.29) is 11.9 Å². The van der Waals surface area contributed by atoms with Crippen LogP contribution < -0.4 is 5.32 Å². The van der Waals surface area contributed by atoms with E-state index in [2.05, 4.69) is 34.3 Å². The number of H-pyrrole nitrogens is 1. The van der Waals surface area contributed by atoms with E-state index < -0.39 is 0 Å². The molecule has 6 heteroatoms. The summed E-state index contributed by atoms with van der Waals surface area (Å²) in [5.41, 5.74) is 3.32. The topological polar surface area (TPSA) is 75.6 Å². The highest BCUT2D eigenvalue weighted by Gasteiger charge is 2.14. The SMILES string of the molecule is CC(C)CC[C@@H](C)NC(=O)c1cc(Cn2cnc3ccccc32)[nH]n1. The second kappa shape index (κ2) is 7.51. The van der Waals surface area contributed by atoms with Crippen LogP contribution in [0.3, 0.4) is 0 Å². The molecule has 6 nitrogen and oxygen atoms in total. The number of hydrogen-bond donors (Lipinski definition) is 2. The molecular formula is C19H25N5O. The summed E-state index contributed by atoms with van der Waals surface area (Å²) in [6.45, 7) is 7.01. The molecule has 0 unspecified atom stereocenters. The number of amides is 1. The molecule has 0 aliphatic heterocycles. The summed E-state index contributed by atoms with van der Waals surface area (Å²) in [5, 5.41) is 10.1. The van der Waals surface area contributed by atoms with Crippen LogP contribution in [0.25, 0.3) is 11.0 Å². The Kier molecular flexibility index (Phi) is 5.16. The number of rotatable bonds is 7. The van der Waals surface area contributed by atoms with Crippen LogP contribution in [-0.2, 0) is 6.54 Å². The van der Waals surface area contributed by atoms with Crippen molar-refractivity contribution in [2.45, 2.75) is 46.2 Å². The molecule has 0 aliphatic carbocycles. The molecule has 0 aliphatic rings. The molecule has 0 fully saturated rings. The van der Waals surface area contributed by atoms with Crippen LogP contribution in [0, 0.1) is 5.92 Å². The Morgan fingerprint density at radius 2 is 2.04 bits per heavy atom.